The van der Waals surface area contributed by atoms with Crippen LogP contribution in [0.25, 0.3) is 0 Å². The Labute approximate surface area is 80.4 Å². The van der Waals surface area contributed by atoms with Crippen molar-refractivity contribution < 1.29 is 4.74 Å². The number of nitrogens with two attached hydrogens (primary N) is 1. The molecule has 0 saturated heterocycles. The Morgan fingerprint density at radius 2 is 2.15 bits per heavy atom. The zero-order valence-corrected chi connectivity index (χ0v) is 8.62. The molecule has 1 fully saturated rings. The Kier molecular flexibility index (Phi) is 4.22. The molecule has 0 radical (unpaired) electrons. The summed E-state index contributed by atoms with van der Waals surface area (Å²) in [5.74, 6) is 0.808. The largest absolute Gasteiger partial charge is 0.387 e. The smallest absolute Gasteiger partial charge is 0.0940 e. The Morgan fingerprint density at radius 3 is 2.69 bits per heavy atom. The van der Waals surface area contributed by atoms with Crippen LogP contribution in [-0.2, 0) is 4.74 Å². The molecule has 0 aromatic carbocycles. The van der Waals surface area contributed by atoms with E-state index >= 15 is 0 Å². The number of rotatable bonds is 5. The third kappa shape index (κ3) is 3.35. The molecule has 0 spiro atoms. The molecule has 1 rings (SSSR count). The predicted molar refractivity (Wildman–Crippen MR) is 55.0 cm³/mol. The molecule has 1 aliphatic carbocycles. The first-order valence-electron chi connectivity index (χ1n) is 5.20. The topological polar surface area (TPSA) is 47.6 Å². The van der Waals surface area contributed by atoms with Crippen LogP contribution >= 0.6 is 0 Å². The SMILES string of the molecule is CCCC(N)=NC1CC(OCC)C1. The van der Waals surface area contributed by atoms with E-state index in [0.29, 0.717) is 12.1 Å². The molecule has 13 heavy (non-hydrogen) atoms. The molecule has 76 valence electrons. The van der Waals surface area contributed by atoms with Gasteiger partial charge in [-0.3, -0.25) is 4.99 Å². The van der Waals surface area contributed by atoms with Gasteiger partial charge >= 0.3 is 0 Å². The van der Waals surface area contributed by atoms with E-state index in [-0.39, 0.29) is 0 Å². The third-order valence-electron chi connectivity index (χ3n) is 2.33. The van der Waals surface area contributed by atoms with Crippen LogP contribution in [-0.4, -0.2) is 24.6 Å². The van der Waals surface area contributed by atoms with Gasteiger partial charge in [-0.2, -0.15) is 0 Å². The minimum Gasteiger partial charge on any atom is -0.387 e. The number of hydrogen-bond acceptors (Lipinski definition) is 2. The van der Waals surface area contributed by atoms with Gasteiger partial charge in [0.1, 0.15) is 0 Å². The fourth-order valence-electron chi connectivity index (χ4n) is 1.57. The number of aliphatic imine (C=N–C) groups is 1. The fraction of sp³-hybridized carbons (Fsp3) is 0.900. The number of amidine groups is 1. The molecule has 0 atom stereocenters. The molecule has 1 aliphatic rings. The summed E-state index contributed by atoms with van der Waals surface area (Å²) in [5, 5.41) is 0. The molecule has 0 aromatic rings. The lowest BCUT2D eigenvalue weighted by molar-refractivity contribution is -0.000741. The van der Waals surface area contributed by atoms with E-state index in [0.717, 1.165) is 38.1 Å². The summed E-state index contributed by atoms with van der Waals surface area (Å²) in [4.78, 5) is 4.42. The highest BCUT2D eigenvalue weighted by atomic mass is 16.5. The van der Waals surface area contributed by atoms with Gasteiger partial charge in [-0.05, 0) is 26.2 Å². The molecule has 0 heterocycles. The molecule has 3 nitrogen and oxygen atoms in total. The highest BCUT2D eigenvalue weighted by molar-refractivity contribution is 5.80. The van der Waals surface area contributed by atoms with E-state index in [9.17, 15) is 0 Å². The maximum absolute atomic E-state index is 5.72. The summed E-state index contributed by atoms with van der Waals surface area (Å²) in [6, 6.07) is 0.433. The van der Waals surface area contributed by atoms with Crippen LogP contribution in [0.5, 0.6) is 0 Å². The van der Waals surface area contributed by atoms with Gasteiger partial charge in [0.15, 0.2) is 0 Å². The van der Waals surface area contributed by atoms with E-state index in [2.05, 4.69) is 11.9 Å². The highest BCUT2D eigenvalue weighted by Crippen LogP contribution is 2.26. The second-order valence-electron chi connectivity index (χ2n) is 3.57. The van der Waals surface area contributed by atoms with E-state index in [1.165, 1.54) is 0 Å². The lowest BCUT2D eigenvalue weighted by Crippen LogP contribution is -2.35. The van der Waals surface area contributed by atoms with E-state index in [1.807, 2.05) is 6.92 Å². The zero-order chi connectivity index (χ0) is 9.68. The normalized spacial score (nSPS) is 28.6. The monoisotopic (exact) mass is 184 g/mol. The van der Waals surface area contributed by atoms with Crippen molar-refractivity contribution >= 4 is 5.84 Å². The summed E-state index contributed by atoms with van der Waals surface area (Å²) in [6.07, 6.45) is 4.55. The maximum Gasteiger partial charge on any atom is 0.0940 e. The van der Waals surface area contributed by atoms with Crippen LogP contribution in [0.3, 0.4) is 0 Å². The summed E-state index contributed by atoms with van der Waals surface area (Å²) in [6.45, 7) is 4.96. The van der Waals surface area contributed by atoms with E-state index < -0.39 is 0 Å². The van der Waals surface area contributed by atoms with E-state index in [1.54, 1.807) is 0 Å². The van der Waals surface area contributed by atoms with Gasteiger partial charge in [0, 0.05) is 13.0 Å². The lowest BCUT2D eigenvalue weighted by Gasteiger charge is -2.32. The molecule has 0 bridgehead atoms. The van der Waals surface area contributed by atoms with Crippen molar-refractivity contribution in [3.63, 3.8) is 0 Å². The average Bonchev–Trinajstić information content (AvgIpc) is 2.01. The lowest BCUT2D eigenvalue weighted by atomic mass is 9.90. The molecule has 3 heteroatoms. The van der Waals surface area contributed by atoms with Crippen LogP contribution < -0.4 is 5.73 Å². The number of ether oxygens (including phenoxy) is 1. The maximum atomic E-state index is 5.72. The van der Waals surface area contributed by atoms with Crippen LogP contribution in [0.4, 0.5) is 0 Å². The van der Waals surface area contributed by atoms with Gasteiger partial charge < -0.3 is 10.5 Å². The third-order valence-corrected chi connectivity index (χ3v) is 2.33. The van der Waals surface area contributed by atoms with Gasteiger partial charge in [0.25, 0.3) is 0 Å². The van der Waals surface area contributed by atoms with Crippen molar-refractivity contribution in [1.82, 2.24) is 0 Å². The van der Waals surface area contributed by atoms with Gasteiger partial charge in [-0.15, -0.1) is 0 Å². The molecule has 0 amide bonds. The Bertz CT molecular complexity index is 174. The first-order chi connectivity index (χ1) is 6.26. The highest BCUT2D eigenvalue weighted by Gasteiger charge is 2.29. The van der Waals surface area contributed by atoms with Gasteiger partial charge in [0.05, 0.1) is 18.0 Å². The zero-order valence-electron chi connectivity index (χ0n) is 8.62. The predicted octanol–water partition coefficient (Wildman–Crippen LogP) is 1.71. The molecular weight excluding hydrogens is 164 g/mol. The second kappa shape index (κ2) is 5.22. The summed E-state index contributed by atoms with van der Waals surface area (Å²) < 4.78 is 5.44. The van der Waals surface area contributed by atoms with Crippen LogP contribution in [0, 0.1) is 0 Å². The first-order valence-corrected chi connectivity index (χ1v) is 5.20. The molecular formula is C10H20N2O. The van der Waals surface area contributed by atoms with Crippen LogP contribution in [0.2, 0.25) is 0 Å². The molecule has 0 aliphatic heterocycles. The minimum absolute atomic E-state index is 0.433. The second-order valence-corrected chi connectivity index (χ2v) is 3.57. The standard InChI is InChI=1S/C10H20N2O/c1-3-5-10(11)12-8-6-9(7-8)13-4-2/h8-9H,3-7H2,1-2H3,(H2,11,12). The molecule has 1 saturated carbocycles. The fourth-order valence-corrected chi connectivity index (χ4v) is 1.57. The van der Waals surface area contributed by atoms with Crippen molar-refractivity contribution in [2.24, 2.45) is 10.7 Å². The van der Waals surface area contributed by atoms with Crippen molar-refractivity contribution in [2.75, 3.05) is 6.61 Å². The molecule has 0 aromatic heterocycles. The van der Waals surface area contributed by atoms with Crippen molar-refractivity contribution in [2.45, 2.75) is 51.7 Å². The summed E-state index contributed by atoms with van der Waals surface area (Å²) >= 11 is 0. The van der Waals surface area contributed by atoms with Crippen molar-refractivity contribution in [3.05, 3.63) is 0 Å². The van der Waals surface area contributed by atoms with Crippen LogP contribution in [0.1, 0.15) is 39.5 Å². The van der Waals surface area contributed by atoms with Crippen molar-refractivity contribution in [1.29, 1.82) is 0 Å². The average molecular weight is 184 g/mol. The van der Waals surface area contributed by atoms with Crippen molar-refractivity contribution in [3.8, 4) is 0 Å². The van der Waals surface area contributed by atoms with E-state index in [4.69, 9.17) is 10.5 Å². The molecule has 0 unspecified atom stereocenters. The van der Waals surface area contributed by atoms with Gasteiger partial charge in [0.2, 0.25) is 0 Å². The summed E-state index contributed by atoms with van der Waals surface area (Å²) in [7, 11) is 0. The summed E-state index contributed by atoms with van der Waals surface area (Å²) in [5.41, 5.74) is 5.72. The number of nitrogens with zero attached hydrogens (tertiary/aromatic N) is 1. The van der Waals surface area contributed by atoms with Crippen LogP contribution in [0.15, 0.2) is 4.99 Å². The number of hydrogen-bond donors (Lipinski definition) is 1. The van der Waals surface area contributed by atoms with Gasteiger partial charge in [-0.1, -0.05) is 6.92 Å². The van der Waals surface area contributed by atoms with Gasteiger partial charge in [-0.25, -0.2) is 0 Å². The molecule has 2 N–H and O–H groups in total. The Balaban J connectivity index is 2.16. The Hall–Kier alpha value is -0.570. The Morgan fingerprint density at radius 1 is 1.46 bits per heavy atom. The quantitative estimate of drug-likeness (QED) is 0.522. The minimum atomic E-state index is 0.433. The first kappa shape index (κ1) is 10.5.